The van der Waals surface area contributed by atoms with Gasteiger partial charge in [-0.05, 0) is 40.4 Å². The molecule has 8 nitrogen and oxygen atoms in total. The molecule has 162 valence electrons. The Morgan fingerprint density at radius 1 is 1.30 bits per heavy atom. The highest BCUT2D eigenvalue weighted by atomic mass is 79.9. The molecule has 0 aliphatic carbocycles. The van der Waals surface area contributed by atoms with E-state index in [4.69, 9.17) is 14.6 Å². The van der Waals surface area contributed by atoms with Gasteiger partial charge in [-0.25, -0.2) is 9.69 Å². The number of amides is 2. The van der Waals surface area contributed by atoms with Gasteiger partial charge in [0.25, 0.3) is 0 Å². The zero-order valence-corrected chi connectivity index (χ0v) is 18.1. The summed E-state index contributed by atoms with van der Waals surface area (Å²) in [4.78, 5) is 39.0. The third-order valence-electron chi connectivity index (χ3n) is 5.31. The van der Waals surface area contributed by atoms with Crippen LogP contribution in [0.3, 0.4) is 0 Å². The summed E-state index contributed by atoms with van der Waals surface area (Å²) in [6.45, 7) is 1.48. The van der Waals surface area contributed by atoms with E-state index < -0.39 is 41.6 Å². The minimum Gasteiger partial charge on any atom is -0.446 e. The van der Waals surface area contributed by atoms with Crippen molar-refractivity contribution in [2.24, 2.45) is 5.92 Å². The van der Waals surface area contributed by atoms with Gasteiger partial charge in [-0.3, -0.25) is 9.59 Å². The Labute approximate surface area is 182 Å². The predicted octanol–water partition coefficient (Wildman–Crippen LogP) is 2.44. The molecule has 0 unspecified atom stereocenters. The lowest BCUT2D eigenvalue weighted by molar-refractivity contribution is -0.217. The van der Waals surface area contributed by atoms with Crippen LogP contribution < -0.4 is 0 Å². The molecule has 2 aliphatic rings. The SMILES string of the molecule is C[C@H](C(=O)N1C(=O)OC[C@@H]1c1ccccc1)[C@H]1O[C@](O)(CCCCO)C(Br)=CC1=O. The van der Waals surface area contributed by atoms with Crippen molar-refractivity contribution in [2.75, 3.05) is 13.2 Å². The summed E-state index contributed by atoms with van der Waals surface area (Å²) in [7, 11) is 0. The highest BCUT2D eigenvalue weighted by Crippen LogP contribution is 2.38. The molecular formula is C21H24BrNO7. The smallest absolute Gasteiger partial charge is 0.417 e. The number of halogens is 1. The average Bonchev–Trinajstić information content (AvgIpc) is 3.12. The van der Waals surface area contributed by atoms with E-state index >= 15 is 0 Å². The number of rotatable bonds is 7. The van der Waals surface area contributed by atoms with E-state index in [2.05, 4.69) is 15.9 Å². The van der Waals surface area contributed by atoms with Crippen LogP contribution in [0.2, 0.25) is 0 Å². The van der Waals surface area contributed by atoms with Gasteiger partial charge in [-0.1, -0.05) is 37.3 Å². The molecule has 0 saturated carbocycles. The number of hydrogen-bond acceptors (Lipinski definition) is 7. The fourth-order valence-corrected chi connectivity index (χ4v) is 4.10. The van der Waals surface area contributed by atoms with Gasteiger partial charge in [-0.2, -0.15) is 0 Å². The van der Waals surface area contributed by atoms with Crippen molar-refractivity contribution in [1.29, 1.82) is 0 Å². The van der Waals surface area contributed by atoms with Crippen molar-refractivity contribution in [3.63, 3.8) is 0 Å². The van der Waals surface area contributed by atoms with Crippen molar-refractivity contribution >= 4 is 33.7 Å². The maximum absolute atomic E-state index is 13.2. The summed E-state index contributed by atoms with van der Waals surface area (Å²) >= 11 is 3.17. The maximum atomic E-state index is 13.2. The standard InChI is InChI=1S/C21H24BrNO7/c1-13(18-16(25)11-17(22)21(28,30-18)9-5-6-10-24)19(26)23-15(12-29-20(23)27)14-7-3-2-4-8-14/h2-4,7-8,11,13,15,18,24,28H,5-6,9-10,12H2,1H3/t13-,15+,18+,21+/m0/s1. The molecule has 3 rings (SSSR count). The molecule has 2 heterocycles. The number of unbranched alkanes of at least 4 members (excludes halogenated alkanes) is 1. The van der Waals surface area contributed by atoms with Crippen LogP contribution >= 0.6 is 15.9 Å². The zero-order chi connectivity index (χ0) is 21.9. The lowest BCUT2D eigenvalue weighted by Gasteiger charge is -2.37. The largest absolute Gasteiger partial charge is 0.446 e. The van der Waals surface area contributed by atoms with Crippen molar-refractivity contribution in [3.05, 3.63) is 46.5 Å². The first kappa shape index (κ1) is 22.6. The fraction of sp³-hybridized carbons (Fsp3) is 0.476. The molecular weight excluding hydrogens is 458 g/mol. The van der Waals surface area contributed by atoms with E-state index in [1.54, 1.807) is 24.3 Å². The summed E-state index contributed by atoms with van der Waals surface area (Å²) in [5.74, 6) is -3.92. The Morgan fingerprint density at radius 2 is 2.00 bits per heavy atom. The summed E-state index contributed by atoms with van der Waals surface area (Å²) < 4.78 is 10.9. The molecule has 0 bridgehead atoms. The van der Waals surface area contributed by atoms with E-state index in [-0.39, 0.29) is 24.1 Å². The number of carbonyl (C=O) groups excluding carboxylic acids is 3. The first-order valence-electron chi connectivity index (χ1n) is 9.76. The second-order valence-electron chi connectivity index (χ2n) is 7.40. The van der Waals surface area contributed by atoms with Crippen LogP contribution in [0.4, 0.5) is 4.79 Å². The predicted molar refractivity (Wildman–Crippen MR) is 109 cm³/mol. The molecule has 1 aromatic carbocycles. The average molecular weight is 482 g/mol. The Balaban J connectivity index is 1.80. The molecule has 2 N–H and O–H groups in total. The second-order valence-corrected chi connectivity index (χ2v) is 8.25. The number of ether oxygens (including phenoxy) is 2. The molecule has 0 radical (unpaired) electrons. The molecule has 2 amide bonds. The molecule has 0 spiro atoms. The van der Waals surface area contributed by atoms with Crippen LogP contribution in [0.1, 0.15) is 37.8 Å². The van der Waals surface area contributed by atoms with Gasteiger partial charge in [-0.15, -0.1) is 0 Å². The third kappa shape index (κ3) is 4.49. The minimum atomic E-state index is -1.79. The minimum absolute atomic E-state index is 0.0251. The highest BCUT2D eigenvalue weighted by molar-refractivity contribution is 9.11. The number of carbonyl (C=O) groups is 3. The van der Waals surface area contributed by atoms with Gasteiger partial charge >= 0.3 is 6.09 Å². The van der Waals surface area contributed by atoms with Gasteiger partial charge in [0.05, 0.1) is 10.4 Å². The number of hydrogen-bond donors (Lipinski definition) is 2. The van der Waals surface area contributed by atoms with Crippen molar-refractivity contribution in [3.8, 4) is 0 Å². The first-order chi connectivity index (χ1) is 14.3. The maximum Gasteiger partial charge on any atom is 0.417 e. The molecule has 0 aromatic heterocycles. The number of ketones is 1. The number of aliphatic hydroxyl groups excluding tert-OH is 1. The van der Waals surface area contributed by atoms with Crippen LogP contribution in [-0.4, -0.2) is 58.0 Å². The van der Waals surface area contributed by atoms with Gasteiger partial charge in [0, 0.05) is 13.0 Å². The molecule has 9 heteroatoms. The van der Waals surface area contributed by atoms with Gasteiger partial charge in [0.2, 0.25) is 5.91 Å². The zero-order valence-electron chi connectivity index (χ0n) is 16.5. The fourth-order valence-electron chi connectivity index (χ4n) is 3.58. The molecule has 1 aromatic rings. The van der Waals surface area contributed by atoms with Crippen molar-refractivity contribution < 1.29 is 34.1 Å². The Hall–Kier alpha value is -2.07. The van der Waals surface area contributed by atoms with E-state index in [0.717, 1.165) is 10.5 Å². The van der Waals surface area contributed by atoms with Crippen LogP contribution in [0.15, 0.2) is 40.9 Å². The summed E-state index contributed by atoms with van der Waals surface area (Å²) in [5, 5.41) is 19.8. The second kappa shape index (κ2) is 9.38. The number of benzene rings is 1. The summed E-state index contributed by atoms with van der Waals surface area (Å²) in [6.07, 6.45) is 0.203. The highest BCUT2D eigenvalue weighted by Gasteiger charge is 2.48. The molecule has 4 atom stereocenters. The Bertz CT molecular complexity index is 843. The van der Waals surface area contributed by atoms with Crippen molar-refractivity contribution in [1.82, 2.24) is 4.90 Å². The van der Waals surface area contributed by atoms with Gasteiger partial charge in [0.1, 0.15) is 18.8 Å². The third-order valence-corrected chi connectivity index (χ3v) is 6.16. The van der Waals surface area contributed by atoms with Crippen molar-refractivity contribution in [2.45, 2.75) is 44.1 Å². The molecule has 30 heavy (non-hydrogen) atoms. The first-order valence-corrected chi connectivity index (χ1v) is 10.5. The van der Waals surface area contributed by atoms with Crippen LogP contribution in [-0.2, 0) is 19.1 Å². The van der Waals surface area contributed by atoms with Gasteiger partial charge < -0.3 is 19.7 Å². The number of aliphatic hydroxyl groups is 2. The monoisotopic (exact) mass is 481 g/mol. The summed E-state index contributed by atoms with van der Waals surface area (Å²) in [5.41, 5.74) is 0.739. The lowest BCUT2D eigenvalue weighted by atomic mass is 9.93. The van der Waals surface area contributed by atoms with E-state index in [9.17, 15) is 19.5 Å². The van der Waals surface area contributed by atoms with Crippen LogP contribution in [0.5, 0.6) is 0 Å². The Morgan fingerprint density at radius 3 is 2.67 bits per heavy atom. The molecule has 1 fully saturated rings. The van der Waals surface area contributed by atoms with E-state index in [1.807, 2.05) is 6.07 Å². The Kier molecular flexibility index (Phi) is 7.07. The van der Waals surface area contributed by atoms with Crippen LogP contribution in [0, 0.1) is 5.92 Å². The molecule has 2 aliphatic heterocycles. The van der Waals surface area contributed by atoms with Gasteiger partial charge in [0.15, 0.2) is 11.6 Å². The normalized spacial score (nSPS) is 27.6. The quantitative estimate of drug-likeness (QED) is 0.574. The number of imide groups is 1. The van der Waals surface area contributed by atoms with Crippen LogP contribution in [0.25, 0.3) is 0 Å². The van der Waals surface area contributed by atoms with E-state index in [1.165, 1.54) is 13.0 Å². The molecule has 1 saturated heterocycles. The topological polar surface area (TPSA) is 113 Å². The van der Waals surface area contributed by atoms with E-state index in [0.29, 0.717) is 12.8 Å². The summed E-state index contributed by atoms with van der Waals surface area (Å²) in [6, 6.07) is 8.41. The lowest BCUT2D eigenvalue weighted by Crippen LogP contribution is -2.51. The number of nitrogens with zero attached hydrogens (tertiary/aromatic N) is 1. The number of cyclic esters (lactones) is 1.